The maximum atomic E-state index is 13.8. The zero-order chi connectivity index (χ0) is 27.1. The first-order valence-corrected chi connectivity index (χ1v) is 13.7. The summed E-state index contributed by atoms with van der Waals surface area (Å²) in [6.45, 7) is 3.50. The molecule has 3 atom stereocenters. The lowest BCUT2D eigenvalue weighted by atomic mass is 9.99. The van der Waals surface area contributed by atoms with Crippen LogP contribution < -0.4 is 10.6 Å². The second-order valence-corrected chi connectivity index (χ2v) is 10.8. The molecule has 0 radical (unpaired) electrons. The monoisotopic (exact) mass is 541 g/mol. The zero-order valence-electron chi connectivity index (χ0n) is 21.3. The molecule has 0 spiro atoms. The lowest BCUT2D eigenvalue weighted by Gasteiger charge is -2.26. The van der Waals surface area contributed by atoms with Crippen LogP contribution in [0.25, 0.3) is 0 Å². The van der Waals surface area contributed by atoms with Crippen LogP contribution >= 0.6 is 11.3 Å². The largest absolute Gasteiger partial charge is 0.390 e. The van der Waals surface area contributed by atoms with Crippen molar-refractivity contribution in [2.24, 2.45) is 5.92 Å². The molecular formula is C29H33F2N3O3S. The molecule has 2 amide bonds. The van der Waals surface area contributed by atoms with E-state index in [-0.39, 0.29) is 37.7 Å². The van der Waals surface area contributed by atoms with Crippen LogP contribution in [0, 0.1) is 17.6 Å². The minimum atomic E-state index is -1.03. The van der Waals surface area contributed by atoms with Crippen LogP contribution in [0.5, 0.6) is 0 Å². The number of carbonyl (C=O) groups excluding carboxylic acids is 2. The Morgan fingerprint density at radius 1 is 1.11 bits per heavy atom. The number of carbonyl (C=O) groups is 2. The van der Waals surface area contributed by atoms with Gasteiger partial charge < -0.3 is 20.6 Å². The van der Waals surface area contributed by atoms with Crippen LogP contribution in [0.15, 0.2) is 60.0 Å². The summed E-state index contributed by atoms with van der Waals surface area (Å²) in [6, 6.07) is 14.4. The fraction of sp³-hybridized carbons (Fsp3) is 0.379. The molecule has 1 aliphatic heterocycles. The van der Waals surface area contributed by atoms with Gasteiger partial charge in [-0.25, -0.2) is 8.78 Å². The minimum absolute atomic E-state index is 0.0359. The summed E-state index contributed by atoms with van der Waals surface area (Å²) in [7, 11) is 0. The third kappa shape index (κ3) is 7.69. The van der Waals surface area contributed by atoms with Crippen molar-refractivity contribution in [2.45, 2.75) is 51.4 Å². The maximum absolute atomic E-state index is 13.8. The number of halogens is 2. The molecular weight excluding hydrogens is 508 g/mol. The summed E-state index contributed by atoms with van der Waals surface area (Å²) in [6.07, 6.45) is 0.0109. The van der Waals surface area contributed by atoms with E-state index in [1.54, 1.807) is 16.2 Å². The van der Waals surface area contributed by atoms with Crippen molar-refractivity contribution in [3.63, 3.8) is 0 Å². The van der Waals surface area contributed by atoms with Gasteiger partial charge in [0, 0.05) is 37.0 Å². The van der Waals surface area contributed by atoms with Crippen LogP contribution in [0.1, 0.15) is 34.9 Å². The van der Waals surface area contributed by atoms with Crippen molar-refractivity contribution in [3.8, 4) is 0 Å². The van der Waals surface area contributed by atoms with Crippen LogP contribution in [0.4, 0.5) is 8.78 Å². The van der Waals surface area contributed by atoms with Crippen molar-refractivity contribution in [2.75, 3.05) is 13.1 Å². The number of likely N-dealkylation sites (tertiary alicyclic amines) is 1. The van der Waals surface area contributed by atoms with E-state index in [9.17, 15) is 23.5 Å². The van der Waals surface area contributed by atoms with Gasteiger partial charge in [0.2, 0.25) is 11.8 Å². The highest BCUT2D eigenvalue weighted by atomic mass is 32.1. The van der Waals surface area contributed by atoms with E-state index in [0.29, 0.717) is 18.7 Å². The number of hydrogen-bond donors (Lipinski definition) is 3. The average Bonchev–Trinajstić information content (AvgIpc) is 3.53. The van der Waals surface area contributed by atoms with E-state index in [1.807, 2.05) is 29.6 Å². The van der Waals surface area contributed by atoms with Crippen molar-refractivity contribution in [3.05, 3.63) is 93.2 Å². The second kappa shape index (κ2) is 13.1. The van der Waals surface area contributed by atoms with Gasteiger partial charge >= 0.3 is 0 Å². The predicted molar refractivity (Wildman–Crippen MR) is 143 cm³/mol. The number of hydrogen-bond acceptors (Lipinski definition) is 5. The molecule has 3 N–H and O–H groups in total. The molecule has 4 rings (SSSR count). The SMILES string of the molecule is CCc1cccc(CNC[C@H](O)[C@H](Cc2cc(F)cc(F)c2)NC(=O)C2CC(=O)N(Cc3cccs3)C2)c1. The molecule has 1 saturated heterocycles. The van der Waals surface area contributed by atoms with Gasteiger partial charge in [0.1, 0.15) is 11.6 Å². The Kier molecular flexibility index (Phi) is 9.60. The Hall–Kier alpha value is -3.14. The molecule has 9 heteroatoms. The Balaban J connectivity index is 1.40. The van der Waals surface area contributed by atoms with Gasteiger partial charge in [-0.2, -0.15) is 0 Å². The summed E-state index contributed by atoms with van der Waals surface area (Å²) in [5.41, 5.74) is 2.60. The van der Waals surface area contributed by atoms with Gasteiger partial charge in [-0.3, -0.25) is 9.59 Å². The van der Waals surface area contributed by atoms with Crippen LogP contribution in [-0.4, -0.2) is 47.1 Å². The highest BCUT2D eigenvalue weighted by Crippen LogP contribution is 2.23. The van der Waals surface area contributed by atoms with Crippen LogP contribution in [0.3, 0.4) is 0 Å². The highest BCUT2D eigenvalue weighted by Gasteiger charge is 2.36. The van der Waals surface area contributed by atoms with E-state index in [2.05, 4.69) is 29.7 Å². The molecule has 6 nitrogen and oxygen atoms in total. The normalized spacial score (nSPS) is 17.0. The maximum Gasteiger partial charge on any atom is 0.225 e. The number of rotatable bonds is 12. The number of aryl methyl sites for hydroxylation is 1. The summed E-state index contributed by atoms with van der Waals surface area (Å²) in [4.78, 5) is 28.4. The number of aliphatic hydroxyl groups excluding tert-OH is 1. The number of nitrogens with zero attached hydrogens (tertiary/aromatic N) is 1. The fourth-order valence-electron chi connectivity index (χ4n) is 4.72. The van der Waals surface area contributed by atoms with Crippen molar-refractivity contribution >= 4 is 23.2 Å². The van der Waals surface area contributed by atoms with E-state index in [1.165, 1.54) is 17.7 Å². The first kappa shape index (κ1) is 27.9. The molecule has 0 saturated carbocycles. The lowest BCUT2D eigenvalue weighted by molar-refractivity contribution is -0.129. The van der Waals surface area contributed by atoms with Gasteiger partial charge in [-0.1, -0.05) is 37.3 Å². The Labute approximate surface area is 225 Å². The summed E-state index contributed by atoms with van der Waals surface area (Å²) in [5, 5.41) is 19.0. The number of nitrogens with one attached hydrogen (secondary N) is 2. The Morgan fingerprint density at radius 3 is 2.58 bits per heavy atom. The third-order valence-electron chi connectivity index (χ3n) is 6.76. The molecule has 1 aliphatic rings. The topological polar surface area (TPSA) is 81.7 Å². The molecule has 1 aromatic heterocycles. The van der Waals surface area contributed by atoms with Gasteiger partial charge in [-0.05, 0) is 53.1 Å². The number of thiophene rings is 1. The first-order valence-electron chi connectivity index (χ1n) is 12.8. The molecule has 2 heterocycles. The Bertz CT molecular complexity index is 1220. The van der Waals surface area contributed by atoms with Crippen molar-refractivity contribution < 1.29 is 23.5 Å². The number of benzene rings is 2. The smallest absolute Gasteiger partial charge is 0.225 e. The molecule has 0 aliphatic carbocycles. The van der Waals surface area contributed by atoms with Crippen LogP contribution in [0.2, 0.25) is 0 Å². The summed E-state index contributed by atoms with van der Waals surface area (Å²) < 4.78 is 27.7. The zero-order valence-corrected chi connectivity index (χ0v) is 22.1. The molecule has 38 heavy (non-hydrogen) atoms. The van der Waals surface area contributed by atoms with Gasteiger partial charge in [0.05, 0.1) is 24.6 Å². The average molecular weight is 542 g/mol. The highest BCUT2D eigenvalue weighted by molar-refractivity contribution is 7.09. The number of aliphatic hydroxyl groups is 1. The fourth-order valence-corrected chi connectivity index (χ4v) is 5.44. The molecule has 202 valence electrons. The lowest BCUT2D eigenvalue weighted by Crippen LogP contribution is -2.50. The van der Waals surface area contributed by atoms with E-state index in [0.717, 1.165) is 22.9 Å². The van der Waals surface area contributed by atoms with Crippen molar-refractivity contribution in [1.82, 2.24) is 15.5 Å². The molecule has 1 fully saturated rings. The first-order chi connectivity index (χ1) is 18.3. The molecule has 1 unspecified atom stereocenters. The standard InChI is InChI=1S/C29H33F2N3O3S/c1-2-19-5-3-6-20(9-19)15-32-16-27(35)26(12-21-10-23(30)14-24(31)11-21)33-29(37)22-13-28(36)34(17-22)18-25-7-4-8-38-25/h3-11,14,22,26-27,32,35H,2,12-13,15-18H2,1H3,(H,33,37)/t22?,26-,27-/m0/s1. The third-order valence-corrected chi connectivity index (χ3v) is 7.63. The van der Waals surface area contributed by atoms with Gasteiger partial charge in [-0.15, -0.1) is 11.3 Å². The van der Waals surface area contributed by atoms with E-state index < -0.39 is 29.7 Å². The Morgan fingerprint density at radius 2 is 1.87 bits per heavy atom. The molecule has 2 aromatic carbocycles. The molecule has 0 bridgehead atoms. The van der Waals surface area contributed by atoms with E-state index >= 15 is 0 Å². The molecule has 3 aromatic rings. The van der Waals surface area contributed by atoms with Crippen LogP contribution in [-0.2, 0) is 35.5 Å². The van der Waals surface area contributed by atoms with Gasteiger partial charge in [0.25, 0.3) is 0 Å². The summed E-state index contributed by atoms with van der Waals surface area (Å²) >= 11 is 1.55. The quantitative estimate of drug-likeness (QED) is 0.326. The second-order valence-electron chi connectivity index (χ2n) is 9.72. The van der Waals surface area contributed by atoms with Gasteiger partial charge in [0.15, 0.2) is 0 Å². The van der Waals surface area contributed by atoms with E-state index in [4.69, 9.17) is 0 Å². The van der Waals surface area contributed by atoms with Crippen molar-refractivity contribution in [1.29, 1.82) is 0 Å². The predicted octanol–water partition coefficient (Wildman–Crippen LogP) is 3.82. The summed E-state index contributed by atoms with van der Waals surface area (Å²) in [5.74, 6) is -2.47. The minimum Gasteiger partial charge on any atom is -0.390 e. The number of amides is 2.